The Morgan fingerprint density at radius 1 is 1.61 bits per heavy atom. The fourth-order valence-electron chi connectivity index (χ4n) is 2.39. The summed E-state index contributed by atoms with van der Waals surface area (Å²) in [6.07, 6.45) is 2.38. The highest BCUT2D eigenvalue weighted by Crippen LogP contribution is 2.16. The molecular weight excluding hydrogens is 226 g/mol. The molecule has 0 spiro atoms. The van der Waals surface area contributed by atoms with E-state index in [0.717, 1.165) is 37.9 Å². The highest BCUT2D eigenvalue weighted by atomic mass is 16.5. The number of nitrogens with one attached hydrogen (secondary N) is 1. The van der Waals surface area contributed by atoms with E-state index in [1.807, 2.05) is 17.7 Å². The summed E-state index contributed by atoms with van der Waals surface area (Å²) in [6, 6.07) is 4.18. The average molecular weight is 247 g/mol. The normalized spacial score (nSPS) is 19.1. The van der Waals surface area contributed by atoms with Gasteiger partial charge in [0.25, 0.3) is 0 Å². The molecule has 0 radical (unpaired) electrons. The molecule has 0 amide bonds. The van der Waals surface area contributed by atoms with Gasteiger partial charge in [-0.2, -0.15) is 5.26 Å². The van der Waals surface area contributed by atoms with Crippen LogP contribution in [0, 0.1) is 24.2 Å². The second-order valence-electron chi connectivity index (χ2n) is 5.01. The maximum Gasteiger partial charge on any atom is 0.120 e. The largest absolute Gasteiger partial charge is 0.381 e. The monoisotopic (exact) mass is 247 g/mol. The zero-order valence-corrected chi connectivity index (χ0v) is 11.2. The Kier molecular flexibility index (Phi) is 4.40. The van der Waals surface area contributed by atoms with Crippen LogP contribution >= 0.6 is 0 Å². The second-order valence-corrected chi connectivity index (χ2v) is 5.01. The summed E-state index contributed by atoms with van der Waals surface area (Å²) in [4.78, 5) is 0. The number of hydrogen-bond donors (Lipinski definition) is 1. The molecule has 2 heterocycles. The van der Waals surface area contributed by atoms with Gasteiger partial charge in [-0.25, -0.2) is 0 Å². The summed E-state index contributed by atoms with van der Waals surface area (Å²) in [5.74, 6) is 0.726. The first-order chi connectivity index (χ1) is 8.72. The number of nitrogens with zero attached hydrogens (tertiary/aromatic N) is 2. The molecule has 2 rings (SSSR count). The topological polar surface area (TPSA) is 50.0 Å². The van der Waals surface area contributed by atoms with Crippen molar-refractivity contribution < 1.29 is 4.74 Å². The van der Waals surface area contributed by atoms with Crippen LogP contribution in [0.2, 0.25) is 0 Å². The highest BCUT2D eigenvalue weighted by Gasteiger charge is 2.14. The van der Waals surface area contributed by atoms with E-state index in [4.69, 9.17) is 10.00 Å². The van der Waals surface area contributed by atoms with Crippen LogP contribution in [-0.2, 0) is 18.3 Å². The van der Waals surface area contributed by atoms with Crippen molar-refractivity contribution in [2.24, 2.45) is 13.0 Å². The van der Waals surface area contributed by atoms with Crippen LogP contribution in [0.4, 0.5) is 0 Å². The molecule has 1 N–H and O–H groups in total. The van der Waals surface area contributed by atoms with Crippen LogP contribution in [0.25, 0.3) is 0 Å². The fourth-order valence-corrected chi connectivity index (χ4v) is 2.39. The number of hydrogen-bond acceptors (Lipinski definition) is 3. The Bertz CT molecular complexity index is 439. The molecule has 1 aromatic heterocycles. The van der Waals surface area contributed by atoms with Crippen LogP contribution in [-0.4, -0.2) is 24.3 Å². The van der Waals surface area contributed by atoms with Gasteiger partial charge in [-0.1, -0.05) is 0 Å². The molecule has 1 unspecified atom stereocenters. The summed E-state index contributed by atoms with van der Waals surface area (Å²) >= 11 is 0. The molecule has 1 saturated heterocycles. The van der Waals surface area contributed by atoms with Crippen LogP contribution in [0.1, 0.15) is 29.8 Å². The van der Waals surface area contributed by atoms with Crippen molar-refractivity contribution in [1.29, 1.82) is 5.26 Å². The van der Waals surface area contributed by atoms with E-state index in [1.165, 1.54) is 24.1 Å². The molecule has 98 valence electrons. The summed E-state index contributed by atoms with van der Waals surface area (Å²) in [5, 5.41) is 12.4. The molecule has 0 bridgehead atoms. The predicted molar refractivity (Wildman–Crippen MR) is 70.1 cm³/mol. The van der Waals surface area contributed by atoms with Gasteiger partial charge in [-0.15, -0.1) is 0 Å². The Balaban J connectivity index is 1.78. The summed E-state index contributed by atoms with van der Waals surface area (Å²) in [6.45, 7) is 5.76. The number of ether oxygens (including phenoxy) is 1. The van der Waals surface area contributed by atoms with E-state index >= 15 is 0 Å². The van der Waals surface area contributed by atoms with Crippen molar-refractivity contribution in [2.75, 3.05) is 19.8 Å². The van der Waals surface area contributed by atoms with Gasteiger partial charge < -0.3 is 14.6 Å². The van der Waals surface area contributed by atoms with E-state index in [9.17, 15) is 0 Å². The Hall–Kier alpha value is -1.31. The van der Waals surface area contributed by atoms with E-state index in [0.29, 0.717) is 0 Å². The minimum Gasteiger partial charge on any atom is -0.381 e. The van der Waals surface area contributed by atoms with Crippen molar-refractivity contribution in [3.8, 4) is 6.07 Å². The van der Waals surface area contributed by atoms with Crippen molar-refractivity contribution in [3.05, 3.63) is 23.0 Å². The molecule has 1 fully saturated rings. The third kappa shape index (κ3) is 2.92. The molecule has 0 aromatic carbocycles. The van der Waals surface area contributed by atoms with E-state index in [-0.39, 0.29) is 0 Å². The van der Waals surface area contributed by atoms with Gasteiger partial charge >= 0.3 is 0 Å². The third-order valence-corrected chi connectivity index (χ3v) is 3.82. The van der Waals surface area contributed by atoms with E-state index in [2.05, 4.69) is 18.3 Å². The molecule has 4 heteroatoms. The van der Waals surface area contributed by atoms with Crippen LogP contribution < -0.4 is 5.32 Å². The van der Waals surface area contributed by atoms with Gasteiger partial charge in [0.2, 0.25) is 0 Å². The molecule has 4 nitrogen and oxygen atoms in total. The lowest BCUT2D eigenvalue weighted by molar-refractivity contribution is 0.184. The minimum atomic E-state index is 0.726. The van der Waals surface area contributed by atoms with E-state index < -0.39 is 0 Å². The second kappa shape index (κ2) is 6.03. The molecule has 0 aliphatic carbocycles. The van der Waals surface area contributed by atoms with Crippen LogP contribution in [0.5, 0.6) is 0 Å². The Morgan fingerprint density at radius 3 is 3.06 bits per heavy atom. The quantitative estimate of drug-likeness (QED) is 0.806. The molecule has 1 atom stereocenters. The van der Waals surface area contributed by atoms with Gasteiger partial charge in [-0.3, -0.25) is 0 Å². The zero-order valence-electron chi connectivity index (χ0n) is 11.2. The lowest BCUT2D eigenvalue weighted by atomic mass is 10.1. The summed E-state index contributed by atoms with van der Waals surface area (Å²) in [7, 11) is 1.94. The van der Waals surface area contributed by atoms with Crippen LogP contribution in [0.15, 0.2) is 6.07 Å². The van der Waals surface area contributed by atoms with Gasteiger partial charge in [-0.05, 0) is 43.9 Å². The molecule has 1 aliphatic rings. The van der Waals surface area contributed by atoms with Crippen molar-refractivity contribution >= 4 is 0 Å². The molecule has 1 aromatic rings. The number of aromatic nitrogens is 1. The lowest BCUT2D eigenvalue weighted by Gasteiger charge is -2.08. The summed E-state index contributed by atoms with van der Waals surface area (Å²) < 4.78 is 7.30. The first kappa shape index (κ1) is 13.1. The lowest BCUT2D eigenvalue weighted by Crippen LogP contribution is -2.18. The van der Waals surface area contributed by atoms with Crippen molar-refractivity contribution in [1.82, 2.24) is 9.88 Å². The Morgan fingerprint density at radius 2 is 2.44 bits per heavy atom. The highest BCUT2D eigenvalue weighted by molar-refractivity contribution is 5.33. The first-order valence-electron chi connectivity index (χ1n) is 6.56. The summed E-state index contributed by atoms with van der Waals surface area (Å²) in [5.41, 5.74) is 3.12. The number of nitriles is 1. The van der Waals surface area contributed by atoms with Crippen molar-refractivity contribution in [3.63, 3.8) is 0 Å². The smallest absolute Gasteiger partial charge is 0.120 e. The molecule has 1 aliphatic heterocycles. The fraction of sp³-hybridized carbons (Fsp3) is 0.643. The third-order valence-electron chi connectivity index (χ3n) is 3.82. The van der Waals surface area contributed by atoms with Crippen LogP contribution in [0.3, 0.4) is 0 Å². The van der Waals surface area contributed by atoms with Gasteiger partial charge in [0.15, 0.2) is 0 Å². The Labute approximate surface area is 109 Å². The first-order valence-corrected chi connectivity index (χ1v) is 6.56. The molecular formula is C14H21N3O. The number of rotatable bonds is 5. The molecule has 0 saturated carbocycles. The average Bonchev–Trinajstić information content (AvgIpc) is 2.97. The van der Waals surface area contributed by atoms with Crippen molar-refractivity contribution in [2.45, 2.75) is 26.3 Å². The predicted octanol–water partition coefficient (Wildman–Crippen LogP) is 1.72. The maximum absolute atomic E-state index is 8.97. The standard InChI is InChI=1S/C14H21N3O/c1-11-13(7-14(8-15)17(11)2)9-16-5-3-12-4-6-18-10-12/h7,12,16H,3-6,9-10H2,1-2H3. The minimum absolute atomic E-state index is 0.726. The van der Waals surface area contributed by atoms with Gasteiger partial charge in [0, 0.05) is 32.5 Å². The maximum atomic E-state index is 8.97. The van der Waals surface area contributed by atoms with Gasteiger partial charge in [0.1, 0.15) is 11.8 Å². The van der Waals surface area contributed by atoms with E-state index in [1.54, 1.807) is 0 Å². The SMILES string of the molecule is Cc1c(CNCCC2CCOC2)cc(C#N)n1C. The van der Waals surface area contributed by atoms with Gasteiger partial charge in [0.05, 0.1) is 0 Å². The zero-order chi connectivity index (χ0) is 13.0. The molecule has 18 heavy (non-hydrogen) atoms.